The molecule has 5 nitrogen and oxygen atoms in total. The first kappa shape index (κ1) is 21.1. The predicted octanol–water partition coefficient (Wildman–Crippen LogP) is 3.63. The Labute approximate surface area is 156 Å². The lowest BCUT2D eigenvalue weighted by molar-refractivity contribution is -0.204. The number of para-hydroxylation sites is 1. The number of ether oxygens (including phenoxy) is 1. The third-order valence-corrected chi connectivity index (χ3v) is 3.59. The molecule has 28 heavy (non-hydrogen) atoms. The Morgan fingerprint density at radius 3 is 2.29 bits per heavy atom. The summed E-state index contributed by atoms with van der Waals surface area (Å²) in [6.45, 7) is 0.821. The molecular weight excluding hydrogens is 387 g/mol. The molecule has 0 saturated heterocycles. The van der Waals surface area contributed by atoms with E-state index in [1.54, 1.807) is 5.32 Å². The van der Waals surface area contributed by atoms with Crippen LogP contribution in [0.5, 0.6) is 0 Å². The SMILES string of the molecule is CCOC(=O)[C@@](NC(=O)c1cccc(F)c1)(Nc1ccccc1F)C(F)(F)F. The molecule has 1 amide bonds. The molecule has 0 saturated carbocycles. The molecule has 2 rings (SSSR count). The van der Waals surface area contributed by atoms with Crippen LogP contribution in [0.3, 0.4) is 0 Å². The number of halogens is 5. The Kier molecular flexibility index (Phi) is 6.22. The highest BCUT2D eigenvalue weighted by Gasteiger charge is 2.64. The molecule has 0 aliphatic heterocycles. The van der Waals surface area contributed by atoms with Crippen LogP contribution in [-0.2, 0) is 9.53 Å². The van der Waals surface area contributed by atoms with E-state index in [0.717, 1.165) is 30.3 Å². The molecule has 0 bridgehead atoms. The van der Waals surface area contributed by atoms with Crippen LogP contribution in [0.1, 0.15) is 17.3 Å². The Morgan fingerprint density at radius 1 is 1.04 bits per heavy atom. The number of anilines is 1. The van der Waals surface area contributed by atoms with Crippen molar-refractivity contribution in [3.8, 4) is 0 Å². The molecule has 150 valence electrons. The molecule has 0 aromatic heterocycles. The van der Waals surface area contributed by atoms with Crippen LogP contribution in [0, 0.1) is 11.6 Å². The van der Waals surface area contributed by atoms with E-state index >= 15 is 0 Å². The number of rotatable bonds is 6. The summed E-state index contributed by atoms with van der Waals surface area (Å²) in [5.74, 6) is -5.30. The van der Waals surface area contributed by atoms with Gasteiger partial charge in [0.2, 0.25) is 0 Å². The first-order chi connectivity index (χ1) is 13.1. The minimum atomic E-state index is -5.44. The Hall–Kier alpha value is -3.17. The van der Waals surface area contributed by atoms with Gasteiger partial charge in [0.25, 0.3) is 5.91 Å². The van der Waals surface area contributed by atoms with E-state index in [1.807, 2.05) is 0 Å². The van der Waals surface area contributed by atoms with Gasteiger partial charge in [0.05, 0.1) is 12.3 Å². The highest BCUT2D eigenvalue weighted by atomic mass is 19.4. The summed E-state index contributed by atoms with van der Waals surface area (Å²) in [4.78, 5) is 24.6. The van der Waals surface area contributed by atoms with Gasteiger partial charge in [-0.2, -0.15) is 13.2 Å². The highest BCUT2D eigenvalue weighted by molar-refractivity contribution is 5.99. The van der Waals surface area contributed by atoms with E-state index in [0.29, 0.717) is 6.07 Å². The highest BCUT2D eigenvalue weighted by Crippen LogP contribution is 2.34. The van der Waals surface area contributed by atoms with Crippen molar-refractivity contribution in [3.05, 3.63) is 65.7 Å². The minimum absolute atomic E-state index is 0.439. The van der Waals surface area contributed by atoms with Gasteiger partial charge in [-0.25, -0.2) is 13.6 Å². The van der Waals surface area contributed by atoms with Crippen molar-refractivity contribution in [1.29, 1.82) is 0 Å². The molecule has 0 radical (unpaired) electrons. The standard InChI is InChI=1S/C18H15F5N2O3/c1-2-28-16(27)17(18(21,22)23,24-14-9-4-3-8-13(14)20)25-15(26)11-6-5-7-12(19)10-11/h3-10,24H,2H2,1H3,(H,25,26)/t17-/m0/s1. The third-order valence-electron chi connectivity index (χ3n) is 3.59. The number of carbonyl (C=O) groups excluding carboxylic acids is 2. The monoisotopic (exact) mass is 402 g/mol. The lowest BCUT2D eigenvalue weighted by Gasteiger charge is -2.35. The first-order valence-electron chi connectivity index (χ1n) is 7.95. The molecule has 1 atom stereocenters. The van der Waals surface area contributed by atoms with Gasteiger partial charge in [-0.3, -0.25) is 4.79 Å². The summed E-state index contributed by atoms with van der Waals surface area (Å²) < 4.78 is 73.6. The molecule has 0 aliphatic rings. The van der Waals surface area contributed by atoms with Crippen LogP contribution in [-0.4, -0.2) is 30.3 Å². The summed E-state index contributed by atoms with van der Waals surface area (Å²) in [6.07, 6.45) is -5.44. The zero-order valence-electron chi connectivity index (χ0n) is 14.4. The van der Waals surface area contributed by atoms with Crippen LogP contribution in [0.25, 0.3) is 0 Å². The minimum Gasteiger partial charge on any atom is -0.463 e. The predicted molar refractivity (Wildman–Crippen MR) is 89.3 cm³/mol. The summed E-state index contributed by atoms with van der Waals surface area (Å²) in [5.41, 5.74) is -4.99. The van der Waals surface area contributed by atoms with Gasteiger partial charge >= 0.3 is 17.8 Å². The molecule has 0 fully saturated rings. The van der Waals surface area contributed by atoms with Crippen molar-refractivity contribution in [2.45, 2.75) is 18.8 Å². The van der Waals surface area contributed by atoms with E-state index in [2.05, 4.69) is 4.74 Å². The fraction of sp³-hybridized carbons (Fsp3) is 0.222. The molecule has 10 heteroatoms. The summed E-state index contributed by atoms with van der Waals surface area (Å²) in [6, 6.07) is 8.09. The van der Waals surface area contributed by atoms with E-state index in [-0.39, 0.29) is 0 Å². The largest absolute Gasteiger partial charge is 0.463 e. The van der Waals surface area contributed by atoms with Crippen molar-refractivity contribution < 1.29 is 36.3 Å². The molecular formula is C18H15F5N2O3. The summed E-state index contributed by atoms with van der Waals surface area (Å²) in [7, 11) is 0. The molecule has 0 spiro atoms. The fourth-order valence-corrected chi connectivity index (χ4v) is 2.27. The van der Waals surface area contributed by atoms with Gasteiger partial charge in [0, 0.05) is 5.56 Å². The smallest absolute Gasteiger partial charge is 0.441 e. The number of alkyl halides is 3. The van der Waals surface area contributed by atoms with Crippen LogP contribution in [0.15, 0.2) is 48.5 Å². The fourth-order valence-electron chi connectivity index (χ4n) is 2.27. The first-order valence-corrected chi connectivity index (χ1v) is 7.95. The third kappa shape index (κ3) is 4.38. The summed E-state index contributed by atoms with van der Waals surface area (Å²) in [5, 5.41) is 3.19. The quantitative estimate of drug-likeness (QED) is 0.440. The number of esters is 1. The average Bonchev–Trinajstić information content (AvgIpc) is 2.62. The lowest BCUT2D eigenvalue weighted by atomic mass is 10.1. The van der Waals surface area contributed by atoms with Crippen LogP contribution in [0.2, 0.25) is 0 Å². The molecule has 0 heterocycles. The second kappa shape index (κ2) is 8.24. The normalized spacial score (nSPS) is 13.4. The number of benzene rings is 2. The maximum Gasteiger partial charge on any atom is 0.441 e. The molecule has 2 aromatic carbocycles. The van der Waals surface area contributed by atoms with Crippen molar-refractivity contribution in [2.24, 2.45) is 0 Å². The van der Waals surface area contributed by atoms with Crippen molar-refractivity contribution in [1.82, 2.24) is 5.32 Å². The van der Waals surface area contributed by atoms with Gasteiger partial charge in [-0.15, -0.1) is 0 Å². The number of carbonyl (C=O) groups is 2. The Bertz CT molecular complexity index is 872. The Balaban J connectivity index is 2.54. The van der Waals surface area contributed by atoms with Gasteiger partial charge in [0.15, 0.2) is 0 Å². The zero-order valence-corrected chi connectivity index (χ0v) is 14.4. The van der Waals surface area contributed by atoms with E-state index < -0.39 is 53.2 Å². The van der Waals surface area contributed by atoms with Gasteiger partial charge < -0.3 is 15.4 Å². The molecule has 0 unspecified atom stereocenters. The van der Waals surface area contributed by atoms with Crippen LogP contribution in [0.4, 0.5) is 27.6 Å². The van der Waals surface area contributed by atoms with Crippen molar-refractivity contribution in [2.75, 3.05) is 11.9 Å². The van der Waals surface area contributed by atoms with Gasteiger partial charge in [0.1, 0.15) is 11.6 Å². The van der Waals surface area contributed by atoms with Gasteiger partial charge in [-0.1, -0.05) is 18.2 Å². The van der Waals surface area contributed by atoms with Crippen molar-refractivity contribution in [3.63, 3.8) is 0 Å². The maximum atomic E-state index is 13.9. The summed E-state index contributed by atoms with van der Waals surface area (Å²) >= 11 is 0. The topological polar surface area (TPSA) is 67.4 Å². The number of amides is 1. The second-order valence-corrected chi connectivity index (χ2v) is 5.54. The molecule has 2 N–H and O–H groups in total. The molecule has 2 aromatic rings. The number of hydrogen-bond acceptors (Lipinski definition) is 4. The number of hydrogen-bond donors (Lipinski definition) is 2. The van der Waals surface area contributed by atoms with E-state index in [4.69, 9.17) is 0 Å². The van der Waals surface area contributed by atoms with Crippen LogP contribution >= 0.6 is 0 Å². The Morgan fingerprint density at radius 2 is 1.71 bits per heavy atom. The zero-order chi connectivity index (χ0) is 20.9. The number of nitrogens with one attached hydrogen (secondary N) is 2. The van der Waals surface area contributed by atoms with Crippen LogP contribution < -0.4 is 10.6 Å². The van der Waals surface area contributed by atoms with E-state index in [1.165, 1.54) is 24.4 Å². The lowest BCUT2D eigenvalue weighted by Crippen LogP contribution is -2.69. The average molecular weight is 402 g/mol. The second-order valence-electron chi connectivity index (χ2n) is 5.54. The van der Waals surface area contributed by atoms with Crippen molar-refractivity contribution >= 4 is 17.6 Å². The van der Waals surface area contributed by atoms with Gasteiger partial charge in [-0.05, 0) is 37.3 Å². The van der Waals surface area contributed by atoms with E-state index in [9.17, 15) is 31.5 Å². The maximum absolute atomic E-state index is 13.9. The molecule has 0 aliphatic carbocycles.